The van der Waals surface area contributed by atoms with E-state index in [1.807, 2.05) is 0 Å². The van der Waals surface area contributed by atoms with Crippen LogP contribution in [0, 0.1) is 23.0 Å². The Balaban J connectivity index is 2.77. The van der Waals surface area contributed by atoms with Gasteiger partial charge in [-0.25, -0.2) is 0 Å². The predicted octanol–water partition coefficient (Wildman–Crippen LogP) is 1.19. The molecule has 0 aliphatic heterocycles. The Morgan fingerprint density at radius 1 is 1.00 bits per heavy atom. The second-order valence-corrected chi connectivity index (χ2v) is 1.91. The Morgan fingerprint density at radius 2 is 1.38 bits per heavy atom. The van der Waals surface area contributed by atoms with Gasteiger partial charge in [-0.05, 0) is 0 Å². The summed E-state index contributed by atoms with van der Waals surface area (Å²) in [5.41, 5.74) is 0. The van der Waals surface area contributed by atoms with Crippen LogP contribution in [0.15, 0.2) is 0 Å². The highest BCUT2D eigenvalue weighted by atomic mass is 33.1. The van der Waals surface area contributed by atoms with Crippen LogP contribution in [0.1, 0.15) is 0 Å². The fourth-order valence-electron chi connectivity index (χ4n) is 0.0582. The van der Waals surface area contributed by atoms with Crippen molar-refractivity contribution >= 4 is 22.1 Å². The van der Waals surface area contributed by atoms with Gasteiger partial charge in [0.1, 0.15) is 0 Å². The first-order valence-corrected chi connectivity index (χ1v) is 3.36. The summed E-state index contributed by atoms with van der Waals surface area (Å²) in [7, 11) is 0. The van der Waals surface area contributed by atoms with E-state index in [-0.39, 0.29) is 0 Å². The average Bonchev–Trinajstić information content (AvgIpc) is 1.81. The maximum Gasteiger partial charge on any atom is 0.300 e. The normalized spacial score (nSPS) is 6.25. The lowest BCUT2D eigenvalue weighted by Gasteiger charge is -1.83. The highest BCUT2D eigenvalue weighted by Gasteiger charge is 1.86. The molecule has 0 aliphatic rings. The fourth-order valence-corrected chi connectivity index (χ4v) is 0.524. The molecule has 0 spiro atoms. The van der Waals surface area contributed by atoms with Crippen LogP contribution >= 0.6 is 22.1 Å². The van der Waals surface area contributed by atoms with Crippen molar-refractivity contribution in [3.05, 3.63) is 0 Å². The molecule has 0 rings (SSSR count). The van der Waals surface area contributed by atoms with Gasteiger partial charge in [0.2, 0.25) is 0 Å². The quantitative estimate of drug-likeness (QED) is 0.259. The molecule has 4 nitrogen and oxygen atoms in total. The number of nitrogens with zero attached hydrogens (tertiary/aromatic N) is 2. The maximum absolute atomic E-state index is 7.72. The third kappa shape index (κ3) is 5.28. The van der Waals surface area contributed by atoms with Crippen molar-refractivity contribution in [2.75, 3.05) is 0 Å². The minimum atomic E-state index is 0.689. The Bertz CT molecular complexity index is 109. The average molecular weight is 148 g/mol. The highest BCUT2D eigenvalue weighted by molar-refractivity contribution is 8.73. The lowest BCUT2D eigenvalue weighted by Crippen LogP contribution is -1.59. The first-order valence-electron chi connectivity index (χ1n) is 1.36. The Kier molecular flexibility index (Phi) is 5.71. The number of rotatable bonds is 3. The molecule has 42 valence electrons. The van der Waals surface area contributed by atoms with Gasteiger partial charge in [0.15, 0.2) is 22.1 Å². The molecule has 0 bridgehead atoms. The van der Waals surface area contributed by atoms with Gasteiger partial charge in [-0.15, -0.1) is 10.5 Å². The summed E-state index contributed by atoms with van der Waals surface area (Å²) in [5.74, 6) is 0. The van der Waals surface area contributed by atoms with Crippen molar-refractivity contribution in [1.82, 2.24) is 0 Å². The van der Waals surface area contributed by atoms with Crippen molar-refractivity contribution in [2.24, 2.45) is 0 Å². The maximum atomic E-state index is 7.72. The van der Waals surface area contributed by atoms with E-state index in [9.17, 15) is 0 Å². The highest BCUT2D eigenvalue weighted by Crippen LogP contribution is 2.21. The van der Waals surface area contributed by atoms with Crippen molar-refractivity contribution in [3.63, 3.8) is 0 Å². The number of hydrogen-bond acceptors (Lipinski definition) is 6. The summed E-state index contributed by atoms with van der Waals surface area (Å²) >= 11 is 1.38. The van der Waals surface area contributed by atoms with Crippen LogP contribution in [-0.2, 0) is 8.37 Å². The molecule has 0 saturated heterocycles. The second kappa shape index (κ2) is 6.28. The van der Waals surface area contributed by atoms with Crippen LogP contribution in [0.4, 0.5) is 0 Å². The van der Waals surface area contributed by atoms with Crippen molar-refractivity contribution in [2.45, 2.75) is 0 Å². The van der Waals surface area contributed by atoms with E-state index in [1.165, 1.54) is 12.5 Å². The zero-order valence-corrected chi connectivity index (χ0v) is 5.16. The van der Waals surface area contributed by atoms with Crippen LogP contribution in [0.5, 0.6) is 0 Å². The predicted molar refractivity (Wildman–Crippen MR) is 28.6 cm³/mol. The standard InChI is InChI=1S/C2N2O2S2/c3-1-5-7-8-6-2-4. The van der Waals surface area contributed by atoms with Crippen molar-refractivity contribution < 1.29 is 8.37 Å². The van der Waals surface area contributed by atoms with E-state index < -0.39 is 0 Å². The van der Waals surface area contributed by atoms with Crippen LogP contribution in [0.3, 0.4) is 0 Å². The van der Waals surface area contributed by atoms with Crippen LogP contribution < -0.4 is 0 Å². The Morgan fingerprint density at radius 3 is 1.62 bits per heavy atom. The van der Waals surface area contributed by atoms with E-state index in [0.717, 1.165) is 0 Å². The molecular formula is C2N2O2S2. The molecule has 0 radical (unpaired) electrons. The molecule has 0 heterocycles. The molecule has 6 heteroatoms. The molecule has 0 amide bonds. The fraction of sp³-hybridized carbons (Fsp3) is 0. The summed E-state index contributed by atoms with van der Waals surface area (Å²) in [4.78, 5) is 0. The second-order valence-electron chi connectivity index (χ2n) is 0.485. The third-order valence-corrected chi connectivity index (χ3v) is 1.09. The van der Waals surface area contributed by atoms with Gasteiger partial charge in [-0.3, -0.25) is 0 Å². The number of nitriles is 2. The minimum Gasteiger partial charge on any atom is -0.337 e. The summed E-state index contributed by atoms with van der Waals surface area (Å²) in [5, 5.41) is 15.4. The monoisotopic (exact) mass is 148 g/mol. The van der Waals surface area contributed by atoms with E-state index in [4.69, 9.17) is 10.5 Å². The Hall–Kier alpha value is -0.720. The summed E-state index contributed by atoms with van der Waals surface area (Å²) in [6, 6.07) is 0. The van der Waals surface area contributed by atoms with E-state index in [0.29, 0.717) is 22.1 Å². The van der Waals surface area contributed by atoms with Gasteiger partial charge < -0.3 is 8.37 Å². The molecule has 0 aromatic carbocycles. The first kappa shape index (κ1) is 7.28. The zero-order chi connectivity index (χ0) is 6.24. The van der Waals surface area contributed by atoms with Gasteiger partial charge in [0.05, 0.1) is 0 Å². The molecule has 8 heavy (non-hydrogen) atoms. The SMILES string of the molecule is N#COSSOC#N. The molecular weight excluding hydrogens is 148 g/mol. The molecule has 0 atom stereocenters. The molecule has 0 saturated carbocycles. The van der Waals surface area contributed by atoms with E-state index in [2.05, 4.69) is 8.37 Å². The molecule has 0 fully saturated rings. The van der Waals surface area contributed by atoms with Crippen LogP contribution in [0.2, 0.25) is 0 Å². The minimum absolute atomic E-state index is 0.689. The molecule has 0 unspecified atom stereocenters. The summed E-state index contributed by atoms with van der Waals surface area (Å²) in [6.45, 7) is 0. The Labute approximate surface area is 54.2 Å². The van der Waals surface area contributed by atoms with Gasteiger partial charge in [0.25, 0.3) is 0 Å². The molecule has 0 aromatic rings. The molecule has 0 aliphatic carbocycles. The van der Waals surface area contributed by atoms with Crippen LogP contribution in [-0.4, -0.2) is 0 Å². The topological polar surface area (TPSA) is 66.0 Å². The van der Waals surface area contributed by atoms with Crippen LogP contribution in [0.25, 0.3) is 0 Å². The summed E-state index contributed by atoms with van der Waals surface area (Å²) in [6.07, 6.45) is 2.76. The lowest BCUT2D eigenvalue weighted by molar-refractivity contribution is 0.586. The largest absolute Gasteiger partial charge is 0.337 e. The molecule has 0 aromatic heterocycles. The first-order chi connectivity index (χ1) is 3.91. The number of hydrogen-bond donors (Lipinski definition) is 0. The smallest absolute Gasteiger partial charge is 0.300 e. The van der Waals surface area contributed by atoms with Gasteiger partial charge in [0, 0.05) is 0 Å². The third-order valence-electron chi connectivity index (χ3n) is 0.170. The van der Waals surface area contributed by atoms with Crippen molar-refractivity contribution in [1.29, 1.82) is 10.5 Å². The van der Waals surface area contributed by atoms with Gasteiger partial charge in [-0.2, -0.15) is 0 Å². The zero-order valence-electron chi connectivity index (χ0n) is 3.53. The van der Waals surface area contributed by atoms with Crippen molar-refractivity contribution in [3.8, 4) is 12.5 Å². The van der Waals surface area contributed by atoms with Gasteiger partial charge >= 0.3 is 12.5 Å². The molecule has 0 N–H and O–H groups in total. The van der Waals surface area contributed by atoms with Gasteiger partial charge in [-0.1, -0.05) is 0 Å². The van der Waals surface area contributed by atoms with E-state index >= 15 is 0 Å². The lowest BCUT2D eigenvalue weighted by atomic mass is 11.6. The van der Waals surface area contributed by atoms with E-state index in [1.54, 1.807) is 0 Å². The summed E-state index contributed by atoms with van der Waals surface area (Å²) < 4.78 is 8.09.